The van der Waals surface area contributed by atoms with Crippen molar-refractivity contribution in [1.82, 2.24) is 0 Å². The molecule has 4 saturated carbocycles. The fourth-order valence-corrected chi connectivity index (χ4v) is 8.66. The van der Waals surface area contributed by atoms with Gasteiger partial charge in [0, 0.05) is 26.7 Å². The number of Topliss-reactive ketones (excluding diaryl/α,β-unsaturated/α-hetero) is 1. The van der Waals surface area contributed by atoms with E-state index < -0.39 is 0 Å². The molecule has 0 aromatic carbocycles. The first-order chi connectivity index (χ1) is 13.4. The molecule has 4 aliphatic carbocycles. The molecule has 0 radical (unpaired) electrons. The topological polar surface area (TPSA) is 46.5 Å². The predicted molar refractivity (Wildman–Crippen MR) is 114 cm³/mol. The molecular formula is C25H44O3. The summed E-state index contributed by atoms with van der Waals surface area (Å²) in [7, 11) is 2.86. The van der Waals surface area contributed by atoms with Crippen LogP contribution in [0.4, 0.5) is 0 Å². The number of ketones is 1. The van der Waals surface area contributed by atoms with Gasteiger partial charge in [-0.15, -0.1) is 0 Å². The molecule has 0 spiro atoms. The van der Waals surface area contributed by atoms with Crippen molar-refractivity contribution in [2.24, 2.45) is 46.3 Å². The summed E-state index contributed by atoms with van der Waals surface area (Å²) in [6.07, 6.45) is 13.5. The Balaban J connectivity index is 0.00000109. The number of methoxy groups -OCH3 is 1. The van der Waals surface area contributed by atoms with Crippen molar-refractivity contribution in [1.29, 1.82) is 0 Å². The average Bonchev–Trinajstić information content (AvgIpc) is 2.67. The van der Waals surface area contributed by atoms with Crippen LogP contribution in [0.25, 0.3) is 0 Å². The summed E-state index contributed by atoms with van der Waals surface area (Å²) < 4.78 is 5.50. The molecule has 3 nitrogen and oxygen atoms in total. The van der Waals surface area contributed by atoms with Crippen molar-refractivity contribution in [3.05, 3.63) is 0 Å². The smallest absolute Gasteiger partial charge is 0.133 e. The molecule has 8 atom stereocenters. The fourth-order valence-electron chi connectivity index (χ4n) is 8.66. The second-order valence-electron chi connectivity index (χ2n) is 11.0. The van der Waals surface area contributed by atoms with Crippen LogP contribution in [0.3, 0.4) is 0 Å². The van der Waals surface area contributed by atoms with Crippen molar-refractivity contribution in [2.75, 3.05) is 20.8 Å². The Hall–Kier alpha value is -0.410. The molecule has 28 heavy (non-hydrogen) atoms. The number of hydrogen-bond acceptors (Lipinski definition) is 3. The van der Waals surface area contributed by atoms with E-state index in [1.165, 1.54) is 57.8 Å². The van der Waals surface area contributed by atoms with Gasteiger partial charge in [-0.2, -0.15) is 0 Å². The third-order valence-corrected chi connectivity index (χ3v) is 9.73. The van der Waals surface area contributed by atoms with Gasteiger partial charge in [0.2, 0.25) is 0 Å². The quantitative estimate of drug-likeness (QED) is 0.690. The van der Waals surface area contributed by atoms with Crippen LogP contribution in [0.5, 0.6) is 0 Å². The predicted octanol–water partition coefficient (Wildman–Crippen LogP) is 5.50. The van der Waals surface area contributed by atoms with Gasteiger partial charge in [-0.3, -0.25) is 4.79 Å². The minimum atomic E-state index is 0.298. The third-order valence-electron chi connectivity index (χ3n) is 9.73. The highest BCUT2D eigenvalue weighted by Crippen LogP contribution is 2.65. The minimum Gasteiger partial charge on any atom is -0.400 e. The van der Waals surface area contributed by atoms with E-state index in [2.05, 4.69) is 13.8 Å². The number of fused-ring (bicyclic) bond motifs is 5. The first kappa shape index (κ1) is 22.3. The Morgan fingerprint density at radius 1 is 0.964 bits per heavy atom. The third kappa shape index (κ3) is 3.71. The lowest BCUT2D eigenvalue weighted by Crippen LogP contribution is -2.55. The highest BCUT2D eigenvalue weighted by atomic mass is 16.5. The lowest BCUT2D eigenvalue weighted by Gasteiger charge is -2.62. The fraction of sp³-hybridized carbons (Fsp3) is 0.960. The molecule has 8 unspecified atom stereocenters. The lowest BCUT2D eigenvalue weighted by molar-refractivity contribution is -0.150. The van der Waals surface area contributed by atoms with Gasteiger partial charge in [0.05, 0.1) is 0 Å². The van der Waals surface area contributed by atoms with E-state index >= 15 is 0 Å². The number of rotatable bonds is 3. The Morgan fingerprint density at radius 2 is 1.64 bits per heavy atom. The number of carbonyl (C=O) groups is 1. The number of carbonyl (C=O) groups excluding carboxylic acids is 1. The normalized spacial score (nSPS) is 47.6. The molecule has 4 fully saturated rings. The first-order valence-corrected chi connectivity index (χ1v) is 11.8. The second-order valence-corrected chi connectivity index (χ2v) is 11.0. The molecule has 3 heteroatoms. The van der Waals surface area contributed by atoms with Crippen molar-refractivity contribution >= 4 is 5.78 Å². The molecule has 0 aromatic heterocycles. The van der Waals surface area contributed by atoms with Gasteiger partial charge < -0.3 is 9.84 Å². The number of hydrogen-bond donors (Lipinski definition) is 1. The molecule has 4 rings (SSSR count). The van der Waals surface area contributed by atoms with Crippen LogP contribution < -0.4 is 0 Å². The second kappa shape index (κ2) is 8.76. The summed E-state index contributed by atoms with van der Waals surface area (Å²) in [5.41, 5.74) is 0.844. The molecule has 0 aromatic rings. The van der Waals surface area contributed by atoms with Crippen LogP contribution in [0.2, 0.25) is 0 Å². The number of ether oxygens (including phenoxy) is 1. The summed E-state index contributed by atoms with van der Waals surface area (Å²) in [6, 6.07) is 0. The van der Waals surface area contributed by atoms with E-state index in [0.717, 1.165) is 49.7 Å². The number of aliphatic hydroxyl groups excluding tert-OH is 1. The van der Waals surface area contributed by atoms with Crippen molar-refractivity contribution < 1.29 is 14.6 Å². The van der Waals surface area contributed by atoms with Gasteiger partial charge in [0.15, 0.2) is 0 Å². The van der Waals surface area contributed by atoms with Crippen LogP contribution in [0.1, 0.15) is 85.0 Å². The van der Waals surface area contributed by atoms with Crippen LogP contribution in [0.15, 0.2) is 0 Å². The maximum Gasteiger partial charge on any atom is 0.133 e. The first-order valence-electron chi connectivity index (χ1n) is 11.8. The van der Waals surface area contributed by atoms with Gasteiger partial charge in [-0.25, -0.2) is 0 Å². The minimum absolute atomic E-state index is 0.298. The Labute approximate surface area is 173 Å². The van der Waals surface area contributed by atoms with E-state index in [9.17, 15) is 4.79 Å². The van der Waals surface area contributed by atoms with Crippen molar-refractivity contribution in [3.63, 3.8) is 0 Å². The van der Waals surface area contributed by atoms with Gasteiger partial charge >= 0.3 is 0 Å². The monoisotopic (exact) mass is 392 g/mol. The number of aliphatic hydroxyl groups is 1. The maximum absolute atomic E-state index is 12.4. The highest BCUT2D eigenvalue weighted by molar-refractivity contribution is 5.79. The van der Waals surface area contributed by atoms with Crippen LogP contribution in [-0.2, 0) is 9.53 Å². The van der Waals surface area contributed by atoms with E-state index in [1.807, 2.05) is 14.0 Å². The standard InChI is InChI=1S/C24H40O2.CH4O/c1-16(25)20-6-5-7-22-19-10-12-23(2)14-17(15-26-4)8-9-21(23)18(19)11-13-24(20,22)3;1-2/h17-22H,5-15H2,1-4H3;2H,1H3. The summed E-state index contributed by atoms with van der Waals surface area (Å²) >= 11 is 0. The summed E-state index contributed by atoms with van der Waals surface area (Å²) in [5.74, 6) is 5.16. The van der Waals surface area contributed by atoms with Crippen molar-refractivity contribution in [2.45, 2.75) is 85.0 Å². The SMILES string of the molecule is CO.COCC1CCC2C3CCC4(C)C(C(C)=O)CCCC4C3CCC2(C)C1. The van der Waals surface area contributed by atoms with E-state index in [-0.39, 0.29) is 0 Å². The van der Waals surface area contributed by atoms with Crippen LogP contribution in [-0.4, -0.2) is 31.7 Å². The zero-order valence-electron chi connectivity index (χ0n) is 19.0. The van der Waals surface area contributed by atoms with Gasteiger partial charge in [-0.1, -0.05) is 20.3 Å². The molecule has 0 bridgehead atoms. The molecule has 4 aliphatic rings. The average molecular weight is 393 g/mol. The van der Waals surface area contributed by atoms with Crippen molar-refractivity contribution in [3.8, 4) is 0 Å². The Kier molecular flexibility index (Phi) is 6.97. The molecule has 0 heterocycles. The zero-order chi connectivity index (χ0) is 20.5. The summed E-state index contributed by atoms with van der Waals surface area (Å²) in [5, 5.41) is 7.00. The molecule has 162 valence electrons. The van der Waals surface area contributed by atoms with Gasteiger partial charge in [-0.05, 0) is 105 Å². The Bertz CT molecular complexity index is 546. The van der Waals surface area contributed by atoms with E-state index in [4.69, 9.17) is 9.84 Å². The molecule has 0 saturated heterocycles. The zero-order valence-corrected chi connectivity index (χ0v) is 19.0. The van der Waals surface area contributed by atoms with Crippen LogP contribution in [0, 0.1) is 46.3 Å². The summed E-state index contributed by atoms with van der Waals surface area (Å²) in [6.45, 7) is 7.90. The van der Waals surface area contributed by atoms with Gasteiger partial charge in [0.1, 0.15) is 5.78 Å². The summed E-state index contributed by atoms with van der Waals surface area (Å²) in [4.78, 5) is 12.4. The molecule has 1 N–H and O–H groups in total. The largest absolute Gasteiger partial charge is 0.400 e. The van der Waals surface area contributed by atoms with E-state index in [1.54, 1.807) is 0 Å². The van der Waals surface area contributed by atoms with Gasteiger partial charge in [0.25, 0.3) is 0 Å². The van der Waals surface area contributed by atoms with Crippen LogP contribution >= 0.6 is 0 Å². The van der Waals surface area contributed by atoms with E-state index in [0.29, 0.717) is 22.5 Å². The lowest BCUT2D eigenvalue weighted by atomic mass is 9.42. The highest BCUT2D eigenvalue weighted by Gasteiger charge is 2.58. The maximum atomic E-state index is 12.4. The Morgan fingerprint density at radius 3 is 2.32 bits per heavy atom. The molecule has 0 amide bonds. The molecule has 0 aliphatic heterocycles. The molecular weight excluding hydrogens is 348 g/mol.